The van der Waals surface area contributed by atoms with Crippen LogP contribution < -0.4 is 4.74 Å². The summed E-state index contributed by atoms with van der Waals surface area (Å²) in [7, 11) is 0. The number of aromatic nitrogens is 2. The molecule has 2 aromatic heterocycles. The molecule has 0 atom stereocenters. The Bertz CT molecular complexity index is 1560. The molecule has 0 saturated carbocycles. The molecule has 180 valence electrons. The van der Waals surface area contributed by atoms with Crippen LogP contribution >= 0.6 is 23.2 Å². The molecule has 0 fully saturated rings. The average molecular weight is 516 g/mol. The Balaban J connectivity index is 1.39. The lowest BCUT2D eigenvalue weighted by Gasteiger charge is -2.11. The SMILES string of the molecule is CC(C)c1onc(-c2c(Cl)cccc2Cl)c1COc1ccc2c(ccn2Cc2ccc(C#N)cc2)c1. The van der Waals surface area contributed by atoms with Crippen LogP contribution in [-0.2, 0) is 13.2 Å². The van der Waals surface area contributed by atoms with Crippen molar-refractivity contribution in [3.63, 3.8) is 0 Å². The molecule has 0 saturated heterocycles. The van der Waals surface area contributed by atoms with Gasteiger partial charge in [0.25, 0.3) is 0 Å². The van der Waals surface area contributed by atoms with Gasteiger partial charge < -0.3 is 13.8 Å². The van der Waals surface area contributed by atoms with Gasteiger partial charge in [-0.05, 0) is 54.1 Å². The van der Waals surface area contributed by atoms with E-state index in [1.165, 1.54) is 0 Å². The van der Waals surface area contributed by atoms with E-state index in [0.29, 0.717) is 26.9 Å². The number of ether oxygens (including phenoxy) is 1. The van der Waals surface area contributed by atoms with Gasteiger partial charge in [-0.15, -0.1) is 0 Å². The number of hydrogen-bond acceptors (Lipinski definition) is 4. The van der Waals surface area contributed by atoms with Gasteiger partial charge in [0.1, 0.15) is 23.8 Å². The van der Waals surface area contributed by atoms with Crippen LogP contribution in [0.3, 0.4) is 0 Å². The van der Waals surface area contributed by atoms with E-state index in [0.717, 1.165) is 40.1 Å². The van der Waals surface area contributed by atoms with Crippen LogP contribution in [0.5, 0.6) is 5.75 Å². The molecule has 0 unspecified atom stereocenters. The zero-order valence-electron chi connectivity index (χ0n) is 19.8. The van der Waals surface area contributed by atoms with Crippen LogP contribution in [0.4, 0.5) is 0 Å². The molecule has 5 aromatic rings. The Morgan fingerprint density at radius 2 is 1.78 bits per heavy atom. The molecule has 0 radical (unpaired) electrons. The molecule has 0 spiro atoms. The number of halogens is 2. The van der Waals surface area contributed by atoms with Gasteiger partial charge in [0.05, 0.1) is 27.2 Å². The smallest absolute Gasteiger partial charge is 0.146 e. The molecule has 5 nitrogen and oxygen atoms in total. The highest BCUT2D eigenvalue weighted by Gasteiger charge is 2.23. The van der Waals surface area contributed by atoms with Crippen LogP contribution in [-0.4, -0.2) is 9.72 Å². The van der Waals surface area contributed by atoms with Crippen LogP contribution in [0.1, 0.15) is 42.2 Å². The Morgan fingerprint density at radius 3 is 2.47 bits per heavy atom. The predicted octanol–water partition coefficient (Wildman–Crippen LogP) is 8.23. The first kappa shape index (κ1) is 24.0. The molecule has 0 aliphatic rings. The van der Waals surface area contributed by atoms with E-state index < -0.39 is 0 Å². The third-order valence-corrected chi connectivity index (χ3v) is 6.73. The highest BCUT2D eigenvalue weighted by atomic mass is 35.5. The van der Waals surface area contributed by atoms with Crippen molar-refractivity contribution in [3.05, 3.63) is 105 Å². The second-order valence-electron chi connectivity index (χ2n) is 8.89. The Labute approximate surface area is 219 Å². The molecular formula is C29H23Cl2N3O2. The fourth-order valence-corrected chi connectivity index (χ4v) is 4.85. The van der Waals surface area contributed by atoms with Gasteiger partial charge in [-0.25, -0.2) is 0 Å². The molecule has 0 bridgehead atoms. The number of hydrogen-bond donors (Lipinski definition) is 0. The summed E-state index contributed by atoms with van der Waals surface area (Å²) in [4.78, 5) is 0. The lowest BCUT2D eigenvalue weighted by molar-refractivity contribution is 0.299. The van der Waals surface area contributed by atoms with Crippen molar-refractivity contribution < 1.29 is 9.26 Å². The normalized spacial score (nSPS) is 11.2. The minimum atomic E-state index is 0.116. The molecule has 0 aliphatic heterocycles. The Hall–Kier alpha value is -3.72. The van der Waals surface area contributed by atoms with E-state index in [9.17, 15) is 0 Å². The molecule has 7 heteroatoms. The first-order valence-corrected chi connectivity index (χ1v) is 12.3. The van der Waals surface area contributed by atoms with E-state index in [4.69, 9.17) is 37.7 Å². The van der Waals surface area contributed by atoms with Gasteiger partial charge >= 0.3 is 0 Å². The summed E-state index contributed by atoms with van der Waals surface area (Å²) in [5, 5.41) is 15.4. The van der Waals surface area contributed by atoms with Crippen molar-refractivity contribution in [2.75, 3.05) is 0 Å². The number of fused-ring (bicyclic) bond motifs is 1. The number of nitrogens with zero attached hydrogens (tertiary/aromatic N) is 3. The van der Waals surface area contributed by atoms with E-state index in [1.807, 2.05) is 50.2 Å². The predicted molar refractivity (Wildman–Crippen MR) is 143 cm³/mol. The molecule has 5 rings (SSSR count). The lowest BCUT2D eigenvalue weighted by Crippen LogP contribution is -2.01. The van der Waals surface area contributed by atoms with Crippen molar-refractivity contribution in [1.29, 1.82) is 5.26 Å². The molecular weight excluding hydrogens is 493 g/mol. The number of benzene rings is 3. The topological polar surface area (TPSA) is 64.0 Å². The van der Waals surface area contributed by atoms with Crippen molar-refractivity contribution in [1.82, 2.24) is 9.72 Å². The standard InChI is InChI=1S/C29H23Cl2N3O2/c1-18(2)29-23(28(33-36-29)27-24(30)4-3-5-25(27)31)17-35-22-10-11-26-21(14-22)12-13-34(26)16-20-8-6-19(15-32)7-9-20/h3-14,18H,16-17H2,1-2H3. The lowest BCUT2D eigenvalue weighted by atomic mass is 10.0. The summed E-state index contributed by atoms with van der Waals surface area (Å²) in [6, 6.07) is 23.3. The maximum atomic E-state index is 9.01. The van der Waals surface area contributed by atoms with E-state index >= 15 is 0 Å². The van der Waals surface area contributed by atoms with Gasteiger partial charge in [0, 0.05) is 35.1 Å². The zero-order chi connectivity index (χ0) is 25.2. The molecule has 0 aliphatic carbocycles. The maximum absolute atomic E-state index is 9.01. The molecule has 2 heterocycles. The highest BCUT2D eigenvalue weighted by molar-refractivity contribution is 6.39. The van der Waals surface area contributed by atoms with E-state index in [2.05, 4.69) is 34.1 Å². The summed E-state index contributed by atoms with van der Waals surface area (Å²) in [6.07, 6.45) is 2.06. The summed E-state index contributed by atoms with van der Waals surface area (Å²) in [5.41, 5.74) is 4.97. The molecule has 3 aromatic carbocycles. The van der Waals surface area contributed by atoms with Crippen molar-refractivity contribution >= 4 is 34.1 Å². The summed E-state index contributed by atoms with van der Waals surface area (Å²) in [5.74, 6) is 1.60. The maximum Gasteiger partial charge on any atom is 0.146 e. The summed E-state index contributed by atoms with van der Waals surface area (Å²) < 4.78 is 14.1. The zero-order valence-corrected chi connectivity index (χ0v) is 21.3. The molecule has 36 heavy (non-hydrogen) atoms. The fraction of sp³-hybridized carbons (Fsp3) is 0.172. The van der Waals surface area contributed by atoms with Crippen LogP contribution in [0.15, 0.2) is 77.4 Å². The second kappa shape index (κ2) is 10.1. The number of nitriles is 1. The van der Waals surface area contributed by atoms with Gasteiger partial charge in [0.15, 0.2) is 0 Å². The molecule has 0 amide bonds. The molecule has 0 N–H and O–H groups in total. The van der Waals surface area contributed by atoms with Gasteiger partial charge in [-0.1, -0.05) is 60.4 Å². The minimum absolute atomic E-state index is 0.116. The third-order valence-electron chi connectivity index (χ3n) is 6.10. The van der Waals surface area contributed by atoms with Crippen LogP contribution in [0.2, 0.25) is 10.0 Å². The van der Waals surface area contributed by atoms with Crippen LogP contribution in [0.25, 0.3) is 22.2 Å². The first-order valence-electron chi connectivity index (χ1n) is 11.6. The summed E-state index contributed by atoms with van der Waals surface area (Å²) >= 11 is 12.9. The van der Waals surface area contributed by atoms with E-state index in [1.54, 1.807) is 18.2 Å². The van der Waals surface area contributed by atoms with E-state index in [-0.39, 0.29) is 12.5 Å². The quantitative estimate of drug-likeness (QED) is 0.219. The highest BCUT2D eigenvalue weighted by Crippen LogP contribution is 2.39. The number of rotatable bonds is 7. The second-order valence-corrected chi connectivity index (χ2v) is 9.70. The van der Waals surface area contributed by atoms with Crippen molar-refractivity contribution in [3.8, 4) is 23.1 Å². The minimum Gasteiger partial charge on any atom is -0.489 e. The third kappa shape index (κ3) is 4.70. The van der Waals surface area contributed by atoms with Crippen molar-refractivity contribution in [2.24, 2.45) is 0 Å². The van der Waals surface area contributed by atoms with Gasteiger partial charge in [-0.2, -0.15) is 5.26 Å². The fourth-order valence-electron chi connectivity index (χ4n) is 4.28. The summed E-state index contributed by atoms with van der Waals surface area (Å²) in [6.45, 7) is 5.08. The van der Waals surface area contributed by atoms with Gasteiger partial charge in [-0.3, -0.25) is 0 Å². The largest absolute Gasteiger partial charge is 0.489 e. The van der Waals surface area contributed by atoms with Crippen LogP contribution in [0, 0.1) is 11.3 Å². The van der Waals surface area contributed by atoms with Gasteiger partial charge in [0.2, 0.25) is 0 Å². The average Bonchev–Trinajstić information content (AvgIpc) is 3.47. The Morgan fingerprint density at radius 1 is 1.03 bits per heavy atom. The first-order chi connectivity index (χ1) is 17.4. The van der Waals surface area contributed by atoms with Crippen molar-refractivity contribution in [2.45, 2.75) is 32.9 Å². The monoisotopic (exact) mass is 515 g/mol. The Kier molecular flexibility index (Phi) is 6.73.